The van der Waals surface area contributed by atoms with Crippen molar-refractivity contribution in [2.45, 2.75) is 38.3 Å². The van der Waals surface area contributed by atoms with Gasteiger partial charge < -0.3 is 10.2 Å². The van der Waals surface area contributed by atoms with E-state index in [4.69, 9.17) is 11.6 Å². The molecule has 1 aliphatic heterocycles. The molecule has 1 aliphatic carbocycles. The molecule has 7 heteroatoms. The molecule has 31 heavy (non-hydrogen) atoms. The second-order valence-corrected chi connectivity index (χ2v) is 8.74. The Morgan fingerprint density at radius 3 is 2.42 bits per heavy atom. The van der Waals surface area contributed by atoms with Gasteiger partial charge in [0.1, 0.15) is 0 Å². The summed E-state index contributed by atoms with van der Waals surface area (Å²) in [6, 6.07) is 12.7. The highest BCUT2D eigenvalue weighted by Crippen LogP contribution is 2.31. The third-order valence-corrected chi connectivity index (χ3v) is 6.71. The minimum Gasteiger partial charge on any atom is -0.349 e. The first-order valence-electron chi connectivity index (χ1n) is 11.1. The van der Waals surface area contributed by atoms with Crippen LogP contribution in [0.2, 0.25) is 5.02 Å². The molecule has 2 fully saturated rings. The second-order valence-electron chi connectivity index (χ2n) is 8.34. The van der Waals surface area contributed by atoms with Gasteiger partial charge in [0.05, 0.1) is 28.9 Å². The molecule has 4 rings (SSSR count). The first-order valence-corrected chi connectivity index (χ1v) is 11.5. The predicted molar refractivity (Wildman–Crippen MR) is 121 cm³/mol. The van der Waals surface area contributed by atoms with Crippen LogP contribution in [-0.2, 0) is 11.3 Å². The summed E-state index contributed by atoms with van der Waals surface area (Å²) in [6.07, 6.45) is 6.27. The maximum Gasteiger partial charge on any atom is 0.255 e. The normalized spacial score (nSPS) is 18.7. The third-order valence-electron chi connectivity index (χ3n) is 6.38. The van der Waals surface area contributed by atoms with Crippen molar-refractivity contribution in [2.75, 3.05) is 26.2 Å². The number of nitrogens with zero attached hydrogens (tertiary/aromatic N) is 3. The smallest absolute Gasteiger partial charge is 0.255 e. The van der Waals surface area contributed by atoms with Crippen molar-refractivity contribution in [1.82, 2.24) is 20.1 Å². The van der Waals surface area contributed by atoms with Gasteiger partial charge in [0.25, 0.3) is 5.91 Å². The molecule has 2 amide bonds. The number of amides is 2. The van der Waals surface area contributed by atoms with Crippen molar-refractivity contribution in [3.8, 4) is 0 Å². The zero-order chi connectivity index (χ0) is 21.6. The molecule has 1 N–H and O–H groups in total. The van der Waals surface area contributed by atoms with Crippen molar-refractivity contribution in [1.29, 1.82) is 0 Å². The summed E-state index contributed by atoms with van der Waals surface area (Å²) in [6.45, 7) is 3.01. The molecule has 1 aromatic carbocycles. The number of piperazine rings is 1. The van der Waals surface area contributed by atoms with Gasteiger partial charge in [0.15, 0.2) is 0 Å². The Balaban J connectivity index is 1.39. The number of carbonyl (C=O) groups is 2. The van der Waals surface area contributed by atoms with E-state index in [9.17, 15) is 9.59 Å². The molecule has 1 saturated carbocycles. The van der Waals surface area contributed by atoms with Crippen LogP contribution in [0.1, 0.15) is 41.7 Å². The fraction of sp³-hybridized carbons (Fsp3) is 0.458. The quantitative estimate of drug-likeness (QED) is 0.747. The van der Waals surface area contributed by atoms with Gasteiger partial charge in [-0.3, -0.25) is 19.5 Å². The highest BCUT2D eigenvalue weighted by Gasteiger charge is 2.37. The summed E-state index contributed by atoms with van der Waals surface area (Å²) in [5.41, 5.74) is 1.40. The van der Waals surface area contributed by atoms with E-state index in [1.54, 1.807) is 18.3 Å². The lowest BCUT2D eigenvalue weighted by atomic mass is 9.95. The SMILES string of the molecule is O=C(NCc1ccccn1)[C@H](C1CCCC1)N1CCN(C(=O)c2ccccc2Cl)CC1. The lowest BCUT2D eigenvalue weighted by Gasteiger charge is -2.40. The fourth-order valence-corrected chi connectivity index (χ4v) is 4.96. The Labute approximate surface area is 188 Å². The molecule has 0 spiro atoms. The highest BCUT2D eigenvalue weighted by atomic mass is 35.5. The number of benzene rings is 1. The van der Waals surface area contributed by atoms with Crippen LogP contribution in [0.3, 0.4) is 0 Å². The van der Waals surface area contributed by atoms with Crippen LogP contribution in [0, 0.1) is 5.92 Å². The Kier molecular flexibility index (Phi) is 7.20. The average Bonchev–Trinajstić information content (AvgIpc) is 3.33. The summed E-state index contributed by atoms with van der Waals surface area (Å²) in [5.74, 6) is 0.403. The largest absolute Gasteiger partial charge is 0.349 e. The van der Waals surface area contributed by atoms with Crippen molar-refractivity contribution >= 4 is 23.4 Å². The fourth-order valence-electron chi connectivity index (χ4n) is 4.74. The topological polar surface area (TPSA) is 65.5 Å². The van der Waals surface area contributed by atoms with Crippen LogP contribution in [-0.4, -0.2) is 58.8 Å². The molecule has 0 bridgehead atoms. The standard InChI is InChI=1S/C24H29ClN4O2/c25-21-11-4-3-10-20(21)24(31)29-15-13-28(14-16-29)22(18-7-1-2-8-18)23(30)27-17-19-9-5-6-12-26-19/h3-6,9-12,18,22H,1-2,7-8,13-17H2,(H,27,30)/t22-/m0/s1. The van der Waals surface area contributed by atoms with Crippen molar-refractivity contribution in [3.05, 3.63) is 64.9 Å². The van der Waals surface area contributed by atoms with E-state index < -0.39 is 0 Å². The third kappa shape index (κ3) is 5.25. The van der Waals surface area contributed by atoms with Gasteiger partial charge in [-0.2, -0.15) is 0 Å². The summed E-state index contributed by atoms with van der Waals surface area (Å²) >= 11 is 6.21. The molecule has 2 aromatic rings. The van der Waals surface area contributed by atoms with Crippen LogP contribution < -0.4 is 5.32 Å². The van der Waals surface area contributed by atoms with Crippen LogP contribution in [0.15, 0.2) is 48.7 Å². The van der Waals surface area contributed by atoms with Gasteiger partial charge in [0.2, 0.25) is 5.91 Å². The van der Waals surface area contributed by atoms with Gasteiger partial charge in [-0.15, -0.1) is 0 Å². The molecule has 1 saturated heterocycles. The van der Waals surface area contributed by atoms with Gasteiger partial charge in [-0.25, -0.2) is 0 Å². The first-order chi connectivity index (χ1) is 15.1. The highest BCUT2D eigenvalue weighted by molar-refractivity contribution is 6.33. The maximum absolute atomic E-state index is 13.2. The zero-order valence-corrected chi connectivity index (χ0v) is 18.4. The molecule has 164 valence electrons. The molecule has 1 atom stereocenters. The average molecular weight is 441 g/mol. The van der Waals surface area contributed by atoms with E-state index in [0.29, 0.717) is 49.2 Å². The van der Waals surface area contributed by atoms with Gasteiger partial charge >= 0.3 is 0 Å². The molecule has 0 radical (unpaired) electrons. The number of aromatic nitrogens is 1. The molecule has 2 aliphatic rings. The van der Waals surface area contributed by atoms with Crippen LogP contribution in [0.25, 0.3) is 0 Å². The predicted octanol–water partition coefficient (Wildman–Crippen LogP) is 3.37. The Bertz CT molecular complexity index is 893. The zero-order valence-electron chi connectivity index (χ0n) is 17.7. The van der Waals surface area contributed by atoms with E-state index in [0.717, 1.165) is 18.5 Å². The lowest BCUT2D eigenvalue weighted by molar-refractivity contribution is -0.129. The Morgan fingerprint density at radius 2 is 1.74 bits per heavy atom. The minimum atomic E-state index is -0.149. The number of carbonyl (C=O) groups excluding carboxylic acids is 2. The number of hydrogen-bond acceptors (Lipinski definition) is 4. The van der Waals surface area contributed by atoms with Crippen LogP contribution in [0.5, 0.6) is 0 Å². The van der Waals surface area contributed by atoms with Crippen molar-refractivity contribution in [2.24, 2.45) is 5.92 Å². The molecule has 0 unspecified atom stereocenters. The maximum atomic E-state index is 13.2. The molecule has 1 aromatic heterocycles. The molecule has 6 nitrogen and oxygen atoms in total. The first kappa shape index (κ1) is 21.8. The number of nitrogens with one attached hydrogen (secondary N) is 1. The number of hydrogen-bond donors (Lipinski definition) is 1. The van der Waals surface area contributed by atoms with Gasteiger partial charge in [-0.05, 0) is 43.0 Å². The Hall–Kier alpha value is -2.44. The van der Waals surface area contributed by atoms with Crippen molar-refractivity contribution < 1.29 is 9.59 Å². The van der Waals surface area contributed by atoms with Gasteiger partial charge in [-0.1, -0.05) is 42.6 Å². The summed E-state index contributed by atoms with van der Waals surface area (Å²) in [5, 5.41) is 3.58. The Morgan fingerprint density at radius 1 is 1.03 bits per heavy atom. The summed E-state index contributed by atoms with van der Waals surface area (Å²) < 4.78 is 0. The van der Waals surface area contributed by atoms with E-state index in [2.05, 4.69) is 15.2 Å². The van der Waals surface area contributed by atoms with E-state index in [-0.39, 0.29) is 17.9 Å². The summed E-state index contributed by atoms with van der Waals surface area (Å²) in [4.78, 5) is 34.5. The van der Waals surface area contributed by atoms with E-state index in [1.165, 1.54) is 12.8 Å². The van der Waals surface area contributed by atoms with E-state index >= 15 is 0 Å². The number of halogens is 1. The molecular formula is C24H29ClN4O2. The van der Waals surface area contributed by atoms with Crippen LogP contribution in [0.4, 0.5) is 0 Å². The second kappa shape index (κ2) is 10.2. The summed E-state index contributed by atoms with van der Waals surface area (Å²) in [7, 11) is 0. The minimum absolute atomic E-state index is 0.0396. The number of pyridine rings is 1. The van der Waals surface area contributed by atoms with E-state index in [1.807, 2.05) is 35.2 Å². The molecular weight excluding hydrogens is 412 g/mol. The monoisotopic (exact) mass is 440 g/mol. The lowest BCUT2D eigenvalue weighted by Crippen LogP contribution is -2.57. The van der Waals surface area contributed by atoms with Crippen molar-refractivity contribution in [3.63, 3.8) is 0 Å². The number of rotatable bonds is 6. The van der Waals surface area contributed by atoms with Crippen LogP contribution >= 0.6 is 11.6 Å². The van der Waals surface area contributed by atoms with Gasteiger partial charge in [0, 0.05) is 32.4 Å². The molecule has 2 heterocycles.